The molecule has 0 aliphatic rings. The molecule has 0 amide bonds. The minimum atomic E-state index is -1.26. The van der Waals surface area contributed by atoms with Crippen LogP contribution in [-0.4, -0.2) is 11.0 Å². The van der Waals surface area contributed by atoms with Gasteiger partial charge in [0.2, 0.25) is 0 Å². The number of ether oxygens (including phenoxy) is 1. The van der Waals surface area contributed by atoms with Gasteiger partial charge in [0.1, 0.15) is 12.4 Å². The van der Waals surface area contributed by atoms with E-state index in [-0.39, 0.29) is 5.69 Å². The molecule has 2 aromatic carbocycles. The van der Waals surface area contributed by atoms with E-state index in [1.165, 1.54) is 16.7 Å². The van der Waals surface area contributed by atoms with E-state index < -0.39 is 5.97 Å². The molecule has 122 valence electrons. The van der Waals surface area contributed by atoms with Crippen molar-refractivity contribution in [2.24, 2.45) is 0 Å². The Morgan fingerprint density at radius 1 is 1.21 bits per heavy atom. The number of hydrogen-bond donors (Lipinski definition) is 0. The number of carbonyl (C=O) groups is 1. The third-order valence-corrected chi connectivity index (χ3v) is 4.70. The molecule has 3 aromatic rings. The van der Waals surface area contributed by atoms with E-state index in [1.807, 2.05) is 48.5 Å². The van der Waals surface area contributed by atoms with E-state index in [0.29, 0.717) is 18.0 Å². The van der Waals surface area contributed by atoms with E-state index in [1.54, 1.807) is 0 Å². The van der Waals surface area contributed by atoms with Gasteiger partial charge in [-0.3, -0.25) is 0 Å². The van der Waals surface area contributed by atoms with Crippen LogP contribution in [0.15, 0.2) is 58.4 Å². The third kappa shape index (κ3) is 4.21. The zero-order chi connectivity index (χ0) is 16.9. The summed E-state index contributed by atoms with van der Waals surface area (Å²) in [6, 6.07) is 15.7. The highest BCUT2D eigenvalue weighted by atomic mass is 79.9. The number of aromatic nitrogens is 1. The summed E-state index contributed by atoms with van der Waals surface area (Å²) in [5, 5.41) is 13.0. The maximum Gasteiger partial charge on any atom is 0.123 e. The van der Waals surface area contributed by atoms with Crippen LogP contribution in [0.2, 0.25) is 0 Å². The Labute approximate surface area is 151 Å². The number of carboxylic acid groups (broad SMARTS) is 1. The van der Waals surface area contributed by atoms with Crippen molar-refractivity contribution in [3.8, 4) is 5.75 Å². The van der Waals surface area contributed by atoms with Gasteiger partial charge < -0.3 is 14.6 Å². The molecular formula is C18H13BrNO3S-. The van der Waals surface area contributed by atoms with Gasteiger partial charge in [-0.25, -0.2) is 4.98 Å². The maximum atomic E-state index is 10.8. The SMILES string of the molecule is O=C([O-])c1csc(Cc2cc(Br)ccc2OCc2ccccc2)n1. The van der Waals surface area contributed by atoms with Crippen molar-refractivity contribution >= 4 is 33.2 Å². The number of aromatic carboxylic acids is 1. The van der Waals surface area contributed by atoms with Gasteiger partial charge in [-0.15, -0.1) is 11.3 Å². The molecule has 4 nitrogen and oxygen atoms in total. The van der Waals surface area contributed by atoms with Crippen LogP contribution < -0.4 is 9.84 Å². The number of hydrogen-bond acceptors (Lipinski definition) is 5. The zero-order valence-electron chi connectivity index (χ0n) is 12.6. The molecule has 0 radical (unpaired) electrons. The predicted octanol–water partition coefficient (Wildman–Crippen LogP) is 3.44. The number of nitrogens with zero attached hydrogens (tertiary/aromatic N) is 1. The summed E-state index contributed by atoms with van der Waals surface area (Å²) in [6.45, 7) is 0.470. The van der Waals surface area contributed by atoms with Gasteiger partial charge in [0, 0.05) is 21.8 Å². The lowest BCUT2D eigenvalue weighted by Crippen LogP contribution is -2.22. The van der Waals surface area contributed by atoms with Crippen LogP contribution in [0, 0.1) is 0 Å². The molecule has 0 saturated heterocycles. The molecule has 24 heavy (non-hydrogen) atoms. The number of carboxylic acids is 1. The number of halogens is 1. The second kappa shape index (κ2) is 7.59. The molecule has 0 saturated carbocycles. The standard InChI is InChI=1S/C18H14BrNO3S/c19-14-6-7-16(23-10-12-4-2-1-3-5-12)13(8-14)9-17-20-15(11-24-17)18(21)22/h1-8,11H,9-10H2,(H,21,22)/p-1. The number of benzene rings is 2. The van der Waals surface area contributed by atoms with Crippen molar-refractivity contribution in [1.82, 2.24) is 4.98 Å². The summed E-state index contributed by atoms with van der Waals surface area (Å²) in [4.78, 5) is 14.9. The van der Waals surface area contributed by atoms with Gasteiger partial charge in [-0.05, 0) is 23.8 Å². The second-order valence-corrected chi connectivity index (χ2v) is 6.98. The van der Waals surface area contributed by atoms with Crippen molar-refractivity contribution in [2.45, 2.75) is 13.0 Å². The Morgan fingerprint density at radius 2 is 2.00 bits per heavy atom. The smallest absolute Gasteiger partial charge is 0.123 e. The molecular weight excluding hydrogens is 390 g/mol. The fraction of sp³-hybridized carbons (Fsp3) is 0.111. The van der Waals surface area contributed by atoms with Crippen molar-refractivity contribution in [3.63, 3.8) is 0 Å². The zero-order valence-corrected chi connectivity index (χ0v) is 15.0. The molecule has 0 N–H and O–H groups in total. The molecule has 0 spiro atoms. The van der Waals surface area contributed by atoms with E-state index in [4.69, 9.17) is 4.74 Å². The highest BCUT2D eigenvalue weighted by Crippen LogP contribution is 2.27. The van der Waals surface area contributed by atoms with Gasteiger partial charge in [-0.2, -0.15) is 0 Å². The first-order chi connectivity index (χ1) is 11.6. The molecule has 6 heteroatoms. The van der Waals surface area contributed by atoms with Gasteiger partial charge >= 0.3 is 0 Å². The molecule has 0 atom stereocenters. The van der Waals surface area contributed by atoms with Crippen LogP contribution in [0.1, 0.15) is 26.6 Å². The molecule has 3 rings (SSSR count). The Bertz CT molecular complexity index is 848. The summed E-state index contributed by atoms with van der Waals surface area (Å²) in [7, 11) is 0. The van der Waals surface area contributed by atoms with Gasteiger partial charge in [0.05, 0.1) is 16.7 Å². The van der Waals surface area contributed by atoms with Crippen LogP contribution in [0.25, 0.3) is 0 Å². The van der Waals surface area contributed by atoms with Gasteiger partial charge in [-0.1, -0.05) is 46.3 Å². The first-order valence-electron chi connectivity index (χ1n) is 7.23. The molecule has 1 heterocycles. The summed E-state index contributed by atoms with van der Waals surface area (Å²) < 4.78 is 6.86. The summed E-state index contributed by atoms with van der Waals surface area (Å²) >= 11 is 4.76. The first kappa shape index (κ1) is 16.7. The maximum absolute atomic E-state index is 10.8. The van der Waals surface area contributed by atoms with Crippen molar-refractivity contribution < 1.29 is 14.6 Å². The van der Waals surface area contributed by atoms with E-state index >= 15 is 0 Å². The lowest BCUT2D eigenvalue weighted by atomic mass is 10.1. The lowest BCUT2D eigenvalue weighted by molar-refractivity contribution is -0.255. The minimum Gasteiger partial charge on any atom is -0.543 e. The van der Waals surface area contributed by atoms with Crippen LogP contribution in [-0.2, 0) is 13.0 Å². The van der Waals surface area contributed by atoms with Gasteiger partial charge in [0.15, 0.2) is 0 Å². The van der Waals surface area contributed by atoms with Crippen molar-refractivity contribution in [1.29, 1.82) is 0 Å². The first-order valence-corrected chi connectivity index (χ1v) is 8.90. The summed E-state index contributed by atoms with van der Waals surface area (Å²) in [5.41, 5.74) is 2.00. The highest BCUT2D eigenvalue weighted by Gasteiger charge is 2.10. The molecule has 0 aliphatic heterocycles. The fourth-order valence-corrected chi connectivity index (χ4v) is 3.41. The average molecular weight is 403 g/mol. The van der Waals surface area contributed by atoms with E-state index in [9.17, 15) is 9.90 Å². The largest absolute Gasteiger partial charge is 0.543 e. The fourth-order valence-electron chi connectivity index (χ4n) is 2.21. The van der Waals surface area contributed by atoms with Crippen LogP contribution in [0.4, 0.5) is 0 Å². The average Bonchev–Trinajstić information content (AvgIpc) is 3.04. The quantitative estimate of drug-likeness (QED) is 0.633. The molecule has 0 aliphatic carbocycles. The molecule has 0 bridgehead atoms. The van der Waals surface area contributed by atoms with Crippen molar-refractivity contribution in [2.75, 3.05) is 0 Å². The molecule has 0 fully saturated rings. The Morgan fingerprint density at radius 3 is 2.71 bits per heavy atom. The Kier molecular flexibility index (Phi) is 5.27. The minimum absolute atomic E-state index is 0.0308. The molecule has 1 aromatic heterocycles. The van der Waals surface area contributed by atoms with Crippen LogP contribution in [0.5, 0.6) is 5.75 Å². The third-order valence-electron chi connectivity index (χ3n) is 3.36. The lowest BCUT2D eigenvalue weighted by Gasteiger charge is -2.11. The monoisotopic (exact) mass is 402 g/mol. The van der Waals surface area contributed by atoms with Crippen molar-refractivity contribution in [3.05, 3.63) is 80.2 Å². The number of rotatable bonds is 6. The Balaban J connectivity index is 1.78. The number of carbonyl (C=O) groups excluding carboxylic acids is 1. The molecule has 0 unspecified atom stereocenters. The predicted molar refractivity (Wildman–Crippen MR) is 94.2 cm³/mol. The van der Waals surface area contributed by atoms with E-state index in [2.05, 4.69) is 20.9 Å². The summed E-state index contributed by atoms with van der Waals surface area (Å²) in [5.74, 6) is -0.500. The topological polar surface area (TPSA) is 62.2 Å². The number of thiazole rings is 1. The summed E-state index contributed by atoms with van der Waals surface area (Å²) in [6.07, 6.45) is 0.501. The van der Waals surface area contributed by atoms with Crippen LogP contribution >= 0.6 is 27.3 Å². The Hall–Kier alpha value is -2.18. The normalized spacial score (nSPS) is 10.5. The second-order valence-electron chi connectivity index (χ2n) is 5.12. The van der Waals surface area contributed by atoms with Crippen LogP contribution in [0.3, 0.4) is 0 Å². The highest BCUT2D eigenvalue weighted by molar-refractivity contribution is 9.10. The van der Waals surface area contributed by atoms with E-state index in [0.717, 1.165) is 21.3 Å². The van der Waals surface area contributed by atoms with Gasteiger partial charge in [0.25, 0.3) is 0 Å².